The molecule has 0 aromatic carbocycles. The predicted molar refractivity (Wildman–Crippen MR) is 63.5 cm³/mol. The van der Waals surface area contributed by atoms with Crippen LogP contribution in [0.25, 0.3) is 0 Å². The van der Waals surface area contributed by atoms with Gasteiger partial charge >= 0.3 is 41.8 Å². The molecule has 0 saturated carbocycles. The first-order valence-corrected chi connectivity index (χ1v) is 10.5. The maximum atomic E-state index is 4.95. The van der Waals surface area contributed by atoms with Crippen molar-refractivity contribution in [3.05, 3.63) is 23.8 Å². The van der Waals surface area contributed by atoms with Crippen LogP contribution in [0.2, 0.25) is 0 Å². The Balaban J connectivity index is 0.000000364. The molecule has 0 aliphatic heterocycles. The van der Waals surface area contributed by atoms with Crippen LogP contribution in [0, 0.1) is 5.92 Å². The van der Waals surface area contributed by atoms with Crippen molar-refractivity contribution in [3.8, 4) is 0 Å². The van der Waals surface area contributed by atoms with Crippen molar-refractivity contribution in [2.45, 2.75) is 33.1 Å². The van der Waals surface area contributed by atoms with E-state index in [2.05, 4.69) is 32.1 Å². The van der Waals surface area contributed by atoms with Crippen LogP contribution in [0.3, 0.4) is 0 Å². The molecule has 1 aliphatic rings. The van der Waals surface area contributed by atoms with Gasteiger partial charge in [-0.2, -0.15) is 0 Å². The summed E-state index contributed by atoms with van der Waals surface area (Å²) in [6.45, 7) is 4.47. The van der Waals surface area contributed by atoms with Gasteiger partial charge in [0.25, 0.3) is 0 Å². The molecule has 0 aromatic heterocycles. The van der Waals surface area contributed by atoms with Gasteiger partial charge in [0.2, 0.25) is 0 Å². The molecule has 0 amide bonds. The van der Waals surface area contributed by atoms with E-state index in [1.807, 2.05) is 0 Å². The third-order valence-electron chi connectivity index (χ3n) is 2.16. The summed E-state index contributed by atoms with van der Waals surface area (Å²) >= 11 is -1.77. The number of hydrogen-bond acceptors (Lipinski definition) is 0. The molecule has 0 heterocycles. The van der Waals surface area contributed by atoms with E-state index in [4.69, 9.17) is 29.5 Å². The zero-order valence-electron chi connectivity index (χ0n) is 8.51. The molecule has 0 saturated heterocycles. The summed E-state index contributed by atoms with van der Waals surface area (Å²) in [5.74, 6) is 0.764. The minimum atomic E-state index is -1.77. The van der Waals surface area contributed by atoms with Gasteiger partial charge in [-0.15, -0.1) is 0 Å². The average molecular weight is 294 g/mol. The zero-order valence-corrected chi connectivity index (χ0v) is 12.2. The van der Waals surface area contributed by atoms with Gasteiger partial charge in [-0.1, -0.05) is 43.6 Å². The topological polar surface area (TPSA) is 0 Å². The van der Waals surface area contributed by atoms with E-state index in [9.17, 15) is 0 Å². The molecule has 1 aliphatic carbocycles. The molecule has 1 rings (SSSR count). The summed E-state index contributed by atoms with van der Waals surface area (Å²) in [6, 6.07) is 0. The second kappa shape index (κ2) is 9.18. The van der Waals surface area contributed by atoms with Gasteiger partial charge in [-0.3, -0.25) is 0 Å². The van der Waals surface area contributed by atoms with Gasteiger partial charge in [-0.05, 0) is 19.3 Å². The molecular weight excluding hydrogens is 277 g/mol. The monoisotopic (exact) mass is 292 g/mol. The molecule has 0 N–H and O–H groups in total. The Labute approximate surface area is 104 Å². The summed E-state index contributed by atoms with van der Waals surface area (Å²) in [4.78, 5) is 0. The normalized spacial score (nSPS) is 19.3. The molecular formula is C10H16Cl3V. The molecule has 0 spiro atoms. The summed E-state index contributed by atoms with van der Waals surface area (Å²) in [5, 5.41) is 0. The molecule has 0 aromatic rings. The first kappa shape index (κ1) is 14.9. The Bertz CT molecular complexity index is 197. The van der Waals surface area contributed by atoms with E-state index >= 15 is 0 Å². The van der Waals surface area contributed by atoms with E-state index in [1.54, 1.807) is 0 Å². The van der Waals surface area contributed by atoms with E-state index < -0.39 is 12.3 Å². The Kier molecular flexibility index (Phi) is 9.79. The van der Waals surface area contributed by atoms with Crippen LogP contribution in [0.15, 0.2) is 23.8 Å². The number of allylic oxidation sites excluding steroid dienone is 4. The first-order chi connectivity index (χ1) is 6.57. The molecule has 1 unspecified atom stereocenters. The van der Waals surface area contributed by atoms with Gasteiger partial charge in [0.05, 0.1) is 0 Å². The van der Waals surface area contributed by atoms with Crippen LogP contribution >= 0.6 is 29.5 Å². The van der Waals surface area contributed by atoms with Crippen molar-refractivity contribution < 1.29 is 12.3 Å². The second-order valence-electron chi connectivity index (χ2n) is 3.24. The summed E-state index contributed by atoms with van der Waals surface area (Å²) in [6.07, 6.45) is 10.7. The van der Waals surface area contributed by atoms with E-state index in [0.717, 1.165) is 5.92 Å². The molecule has 82 valence electrons. The average Bonchev–Trinajstić information content (AvgIpc) is 2.47. The first-order valence-electron chi connectivity index (χ1n) is 4.70. The van der Waals surface area contributed by atoms with Crippen molar-refractivity contribution in [1.29, 1.82) is 0 Å². The van der Waals surface area contributed by atoms with Crippen LogP contribution < -0.4 is 0 Å². The van der Waals surface area contributed by atoms with Crippen molar-refractivity contribution in [2.24, 2.45) is 5.92 Å². The Morgan fingerprint density at radius 1 is 1.36 bits per heavy atom. The van der Waals surface area contributed by atoms with Crippen LogP contribution in [0.4, 0.5) is 0 Å². The number of hydrogen-bond donors (Lipinski definition) is 0. The van der Waals surface area contributed by atoms with Crippen LogP contribution in [0.1, 0.15) is 33.1 Å². The van der Waals surface area contributed by atoms with Gasteiger partial charge in [0, 0.05) is 0 Å². The van der Waals surface area contributed by atoms with Crippen molar-refractivity contribution in [3.63, 3.8) is 0 Å². The second-order valence-corrected chi connectivity index (χ2v) is 10.2. The van der Waals surface area contributed by atoms with Gasteiger partial charge in [-0.25, -0.2) is 0 Å². The van der Waals surface area contributed by atoms with Crippen molar-refractivity contribution in [2.75, 3.05) is 0 Å². The predicted octanol–water partition coefficient (Wildman–Crippen LogP) is 5.37. The van der Waals surface area contributed by atoms with Gasteiger partial charge in [0.15, 0.2) is 0 Å². The fraction of sp³-hybridized carbons (Fsp3) is 0.600. The molecule has 0 radical (unpaired) electrons. The van der Waals surface area contributed by atoms with Crippen molar-refractivity contribution >= 4 is 29.5 Å². The van der Waals surface area contributed by atoms with E-state index in [-0.39, 0.29) is 0 Å². The maximum absolute atomic E-state index is 4.95. The number of halogens is 3. The third-order valence-corrected chi connectivity index (χ3v) is 2.16. The van der Waals surface area contributed by atoms with Gasteiger partial charge in [0.1, 0.15) is 0 Å². The molecule has 0 bridgehead atoms. The quantitative estimate of drug-likeness (QED) is 0.656. The van der Waals surface area contributed by atoms with Gasteiger partial charge < -0.3 is 0 Å². The van der Waals surface area contributed by atoms with Crippen LogP contribution in [-0.2, 0) is 12.3 Å². The molecule has 0 nitrogen and oxygen atoms in total. The zero-order chi connectivity index (χ0) is 11.0. The molecule has 1 atom stereocenters. The van der Waals surface area contributed by atoms with Crippen molar-refractivity contribution in [1.82, 2.24) is 0 Å². The number of unbranched alkanes of at least 4 members (excludes halogenated alkanes) is 1. The Hall–Kier alpha value is 0.934. The fourth-order valence-electron chi connectivity index (χ4n) is 1.36. The molecule has 14 heavy (non-hydrogen) atoms. The third kappa shape index (κ3) is 8.26. The summed E-state index contributed by atoms with van der Waals surface area (Å²) < 4.78 is 0. The van der Waals surface area contributed by atoms with E-state index in [1.165, 1.54) is 24.8 Å². The number of rotatable bonds is 3. The Morgan fingerprint density at radius 3 is 2.29 bits per heavy atom. The summed E-state index contributed by atoms with van der Waals surface area (Å²) in [5.41, 5.74) is 1.54. The van der Waals surface area contributed by atoms with Crippen LogP contribution in [-0.4, -0.2) is 0 Å². The van der Waals surface area contributed by atoms with E-state index in [0.29, 0.717) is 0 Å². The standard InChI is InChI=1S/C10H16.3ClH.V/c1-3-4-7-10-8-5-6-9(10)2;;;;/h5-6,8,10H,3-4,7H2,1-2H3;3*1H;/q;;;;+3/p-3. The Morgan fingerprint density at radius 2 is 1.93 bits per heavy atom. The summed E-state index contributed by atoms with van der Waals surface area (Å²) in [7, 11) is 14.9. The minimum absolute atomic E-state index is 0.764. The molecule has 0 fully saturated rings. The fourth-order valence-corrected chi connectivity index (χ4v) is 1.36. The molecule has 4 heteroatoms. The SMILES string of the molecule is CCCCC1C=CC=C1C.[Cl][V]([Cl])[Cl]. The van der Waals surface area contributed by atoms with Crippen LogP contribution in [0.5, 0.6) is 0 Å².